The molecule has 138 valence electrons. The van der Waals surface area contributed by atoms with Crippen LogP contribution in [0, 0.1) is 0 Å². The molecule has 4 rings (SSSR count). The molecular formula is C24H20N2O2. The monoisotopic (exact) mass is 368 g/mol. The van der Waals surface area contributed by atoms with Gasteiger partial charge in [-0.3, -0.25) is 4.79 Å². The fourth-order valence-electron chi connectivity index (χ4n) is 3.28. The second-order valence-electron chi connectivity index (χ2n) is 6.39. The SMILES string of the molecule is CCOc1ccc(C(=O)NN=Cc2c3ccccc3cc3ccccc23)cc1. The Morgan fingerprint density at radius 2 is 1.54 bits per heavy atom. The van der Waals surface area contributed by atoms with Gasteiger partial charge in [-0.15, -0.1) is 0 Å². The first kappa shape index (κ1) is 17.7. The van der Waals surface area contributed by atoms with Crippen molar-refractivity contribution in [3.8, 4) is 5.75 Å². The molecule has 1 N–H and O–H groups in total. The molecule has 0 saturated heterocycles. The quantitative estimate of drug-likeness (QED) is 0.301. The summed E-state index contributed by atoms with van der Waals surface area (Å²) in [5.41, 5.74) is 4.14. The Bertz CT molecular complexity index is 1110. The van der Waals surface area contributed by atoms with Gasteiger partial charge in [0.1, 0.15) is 5.75 Å². The molecule has 0 heterocycles. The van der Waals surface area contributed by atoms with Gasteiger partial charge in [0.2, 0.25) is 0 Å². The Morgan fingerprint density at radius 1 is 0.929 bits per heavy atom. The van der Waals surface area contributed by atoms with E-state index in [1.807, 2.05) is 31.2 Å². The van der Waals surface area contributed by atoms with E-state index in [0.29, 0.717) is 12.2 Å². The number of benzene rings is 4. The topological polar surface area (TPSA) is 50.7 Å². The van der Waals surface area contributed by atoms with Gasteiger partial charge in [-0.1, -0.05) is 48.5 Å². The summed E-state index contributed by atoms with van der Waals surface area (Å²) < 4.78 is 5.40. The minimum atomic E-state index is -0.260. The molecular weight excluding hydrogens is 348 g/mol. The first-order chi connectivity index (χ1) is 13.8. The summed E-state index contributed by atoms with van der Waals surface area (Å²) in [5.74, 6) is 0.480. The zero-order valence-corrected chi connectivity index (χ0v) is 15.6. The van der Waals surface area contributed by atoms with Crippen molar-refractivity contribution in [2.45, 2.75) is 6.92 Å². The first-order valence-electron chi connectivity index (χ1n) is 9.23. The van der Waals surface area contributed by atoms with E-state index in [4.69, 9.17) is 4.74 Å². The van der Waals surface area contributed by atoms with Gasteiger partial charge in [-0.05, 0) is 58.8 Å². The maximum absolute atomic E-state index is 12.4. The van der Waals surface area contributed by atoms with Gasteiger partial charge in [0.05, 0.1) is 12.8 Å². The van der Waals surface area contributed by atoms with Crippen LogP contribution in [0.2, 0.25) is 0 Å². The van der Waals surface area contributed by atoms with Crippen LogP contribution in [0.25, 0.3) is 21.5 Å². The van der Waals surface area contributed by atoms with Crippen LogP contribution in [-0.2, 0) is 0 Å². The van der Waals surface area contributed by atoms with Crippen LogP contribution in [0.3, 0.4) is 0 Å². The number of amides is 1. The lowest BCUT2D eigenvalue weighted by Crippen LogP contribution is -2.17. The number of rotatable bonds is 5. The van der Waals surface area contributed by atoms with E-state index >= 15 is 0 Å². The fraction of sp³-hybridized carbons (Fsp3) is 0.0833. The van der Waals surface area contributed by atoms with Crippen LogP contribution in [0.15, 0.2) is 84.0 Å². The van der Waals surface area contributed by atoms with Crippen molar-refractivity contribution in [1.82, 2.24) is 5.43 Å². The van der Waals surface area contributed by atoms with Crippen LogP contribution in [0.5, 0.6) is 5.75 Å². The molecule has 4 aromatic rings. The lowest BCUT2D eigenvalue weighted by Gasteiger charge is -2.08. The number of carbonyl (C=O) groups excluding carboxylic acids is 1. The summed E-state index contributed by atoms with van der Waals surface area (Å²) in [4.78, 5) is 12.4. The minimum Gasteiger partial charge on any atom is -0.494 e. The molecule has 28 heavy (non-hydrogen) atoms. The van der Waals surface area contributed by atoms with Crippen molar-refractivity contribution < 1.29 is 9.53 Å². The third-order valence-corrected chi connectivity index (χ3v) is 4.60. The Labute approximate surface area is 163 Å². The average molecular weight is 368 g/mol. The largest absolute Gasteiger partial charge is 0.494 e. The standard InChI is InChI=1S/C24H20N2O2/c1-2-28-20-13-11-17(12-14-20)24(27)26-25-16-23-21-9-5-3-7-18(21)15-19-8-4-6-10-22(19)23/h3-16H,2H2,1H3,(H,26,27). The van der Waals surface area contributed by atoms with Crippen LogP contribution in [-0.4, -0.2) is 18.7 Å². The number of fused-ring (bicyclic) bond motifs is 2. The van der Waals surface area contributed by atoms with Gasteiger partial charge in [0.25, 0.3) is 5.91 Å². The van der Waals surface area contributed by atoms with Gasteiger partial charge < -0.3 is 4.74 Å². The predicted octanol–water partition coefficient (Wildman–Crippen LogP) is 5.16. The molecule has 4 nitrogen and oxygen atoms in total. The van der Waals surface area contributed by atoms with Gasteiger partial charge in [-0.2, -0.15) is 5.10 Å². The Hall–Kier alpha value is -3.66. The molecule has 0 aliphatic rings. The van der Waals surface area contributed by atoms with Crippen molar-refractivity contribution in [2.75, 3.05) is 6.61 Å². The van der Waals surface area contributed by atoms with E-state index in [-0.39, 0.29) is 5.91 Å². The molecule has 0 aromatic heterocycles. The van der Waals surface area contributed by atoms with Crippen molar-refractivity contribution in [3.05, 3.63) is 90.0 Å². The highest BCUT2D eigenvalue weighted by Gasteiger charge is 2.07. The van der Waals surface area contributed by atoms with Gasteiger partial charge >= 0.3 is 0 Å². The molecule has 0 aliphatic heterocycles. The van der Waals surface area contributed by atoms with Gasteiger partial charge in [0, 0.05) is 11.1 Å². The number of nitrogens with one attached hydrogen (secondary N) is 1. The van der Waals surface area contributed by atoms with Crippen LogP contribution in [0.1, 0.15) is 22.8 Å². The third kappa shape index (κ3) is 3.58. The second kappa shape index (κ2) is 7.92. The summed E-state index contributed by atoms with van der Waals surface area (Å²) in [6.07, 6.45) is 1.72. The van der Waals surface area contributed by atoms with Crippen molar-refractivity contribution in [2.24, 2.45) is 5.10 Å². The molecule has 0 aliphatic carbocycles. The van der Waals surface area contributed by atoms with Crippen molar-refractivity contribution >= 4 is 33.7 Å². The normalized spacial score (nSPS) is 11.2. The maximum Gasteiger partial charge on any atom is 0.271 e. The third-order valence-electron chi connectivity index (χ3n) is 4.60. The molecule has 0 fully saturated rings. The zero-order valence-electron chi connectivity index (χ0n) is 15.6. The number of hydrogen-bond acceptors (Lipinski definition) is 3. The number of hydrazone groups is 1. The highest BCUT2D eigenvalue weighted by Crippen LogP contribution is 2.27. The predicted molar refractivity (Wildman–Crippen MR) is 114 cm³/mol. The van der Waals surface area contributed by atoms with E-state index < -0.39 is 0 Å². The molecule has 0 radical (unpaired) electrons. The lowest BCUT2D eigenvalue weighted by atomic mass is 9.97. The number of hydrogen-bond donors (Lipinski definition) is 1. The summed E-state index contributed by atoms with van der Waals surface area (Å²) in [5, 5.41) is 8.69. The van der Waals surface area contributed by atoms with E-state index in [1.54, 1.807) is 30.5 Å². The molecule has 0 unspecified atom stereocenters. The average Bonchev–Trinajstić information content (AvgIpc) is 2.74. The van der Waals surface area contributed by atoms with Crippen LogP contribution >= 0.6 is 0 Å². The number of carbonyl (C=O) groups is 1. The highest BCUT2D eigenvalue weighted by molar-refractivity contribution is 6.13. The minimum absolute atomic E-state index is 0.260. The van der Waals surface area contributed by atoms with E-state index in [1.165, 1.54) is 0 Å². The molecule has 0 atom stereocenters. The molecule has 1 amide bonds. The summed E-state index contributed by atoms with van der Waals surface area (Å²) in [6.45, 7) is 2.52. The summed E-state index contributed by atoms with van der Waals surface area (Å²) >= 11 is 0. The summed E-state index contributed by atoms with van der Waals surface area (Å²) in [6, 6.07) is 25.5. The van der Waals surface area contributed by atoms with E-state index in [9.17, 15) is 4.79 Å². The van der Waals surface area contributed by atoms with Gasteiger partial charge in [0.15, 0.2) is 0 Å². The fourth-order valence-corrected chi connectivity index (χ4v) is 3.28. The van der Waals surface area contributed by atoms with Crippen molar-refractivity contribution in [1.29, 1.82) is 0 Å². The lowest BCUT2D eigenvalue weighted by molar-refractivity contribution is 0.0955. The first-order valence-corrected chi connectivity index (χ1v) is 9.23. The van der Waals surface area contributed by atoms with Crippen LogP contribution < -0.4 is 10.2 Å². The molecule has 4 heteroatoms. The number of nitrogens with zero attached hydrogens (tertiary/aromatic N) is 1. The van der Waals surface area contributed by atoms with Crippen molar-refractivity contribution in [3.63, 3.8) is 0 Å². The van der Waals surface area contributed by atoms with Crippen LogP contribution in [0.4, 0.5) is 0 Å². The Kier molecular flexibility index (Phi) is 5.02. The van der Waals surface area contributed by atoms with E-state index in [0.717, 1.165) is 32.9 Å². The maximum atomic E-state index is 12.4. The van der Waals surface area contributed by atoms with E-state index in [2.05, 4.69) is 40.9 Å². The van der Waals surface area contributed by atoms with Gasteiger partial charge in [-0.25, -0.2) is 5.43 Å². The summed E-state index contributed by atoms with van der Waals surface area (Å²) in [7, 11) is 0. The smallest absolute Gasteiger partial charge is 0.271 e. The molecule has 0 bridgehead atoms. The second-order valence-corrected chi connectivity index (χ2v) is 6.39. The number of ether oxygens (including phenoxy) is 1. The molecule has 4 aromatic carbocycles. The molecule has 0 spiro atoms. The highest BCUT2D eigenvalue weighted by atomic mass is 16.5. The molecule has 0 saturated carbocycles. The Balaban J connectivity index is 1.62. The zero-order chi connectivity index (χ0) is 19.3. The Morgan fingerprint density at radius 3 is 2.14 bits per heavy atom.